The molecule has 178 valence electrons. The van der Waals surface area contributed by atoms with E-state index in [-0.39, 0.29) is 10.8 Å². The van der Waals surface area contributed by atoms with Crippen molar-refractivity contribution in [2.45, 2.75) is 18.7 Å². The van der Waals surface area contributed by atoms with Gasteiger partial charge in [0.25, 0.3) is 0 Å². The second-order valence-electron chi connectivity index (χ2n) is 8.39. The van der Waals surface area contributed by atoms with Crippen LogP contribution in [0.4, 0.5) is 5.69 Å². The fourth-order valence-corrected chi connectivity index (χ4v) is 5.37. The molecule has 1 aliphatic rings. The van der Waals surface area contributed by atoms with Gasteiger partial charge in [0.15, 0.2) is 0 Å². The molecule has 0 atom stereocenters. The quantitative estimate of drug-likeness (QED) is 0.549. The number of benzene rings is 2. The Balaban J connectivity index is 1.42. The summed E-state index contributed by atoms with van der Waals surface area (Å²) in [4.78, 5) is 14.8. The first-order valence-corrected chi connectivity index (χ1v) is 12.6. The Morgan fingerprint density at radius 2 is 1.62 bits per heavy atom. The number of carbonyl (C=O) groups is 1. The van der Waals surface area contributed by atoms with Gasteiger partial charge < -0.3 is 10.2 Å². The van der Waals surface area contributed by atoms with Gasteiger partial charge in [-0.3, -0.25) is 4.79 Å². The zero-order valence-corrected chi connectivity index (χ0v) is 20.4. The second kappa shape index (κ2) is 9.92. The second-order valence-corrected chi connectivity index (χ2v) is 10.3. The summed E-state index contributed by atoms with van der Waals surface area (Å²) in [6, 6.07) is 16.1. The molecule has 1 amide bonds. The summed E-state index contributed by atoms with van der Waals surface area (Å²) in [6.07, 6.45) is 3.21. The number of hydrogen-bond donors (Lipinski definition) is 1. The smallest absolute Gasteiger partial charge is 0.248 e. The maximum Gasteiger partial charge on any atom is 0.248 e. The largest absolute Gasteiger partial charge is 0.323 e. The van der Waals surface area contributed by atoms with Crippen LogP contribution in [0.25, 0.3) is 11.8 Å². The lowest BCUT2D eigenvalue weighted by Gasteiger charge is -2.31. The highest BCUT2D eigenvalue weighted by Crippen LogP contribution is 2.21. The third kappa shape index (κ3) is 5.11. The van der Waals surface area contributed by atoms with Crippen molar-refractivity contribution in [2.75, 3.05) is 38.5 Å². The highest BCUT2D eigenvalue weighted by atomic mass is 32.2. The predicted octanol–water partition coefficient (Wildman–Crippen LogP) is 3.08. The van der Waals surface area contributed by atoms with Crippen LogP contribution in [0.3, 0.4) is 0 Å². The van der Waals surface area contributed by atoms with Gasteiger partial charge in [0, 0.05) is 49.2 Å². The van der Waals surface area contributed by atoms with Gasteiger partial charge in [-0.05, 0) is 63.4 Å². The van der Waals surface area contributed by atoms with Gasteiger partial charge in [0.2, 0.25) is 15.9 Å². The summed E-state index contributed by atoms with van der Waals surface area (Å²) in [7, 11) is -1.56. The number of aromatic nitrogens is 2. The first-order valence-electron chi connectivity index (χ1n) is 11.1. The minimum atomic E-state index is -3.54. The number of carbonyl (C=O) groups excluding carboxylic acids is 1. The number of nitrogens with one attached hydrogen (secondary N) is 1. The Hall–Kier alpha value is -3.27. The van der Waals surface area contributed by atoms with Crippen LogP contribution in [0.1, 0.15) is 17.0 Å². The molecule has 0 spiro atoms. The molecular formula is C25H29N5O3S. The number of hydrogen-bond acceptors (Lipinski definition) is 5. The molecule has 1 saturated heterocycles. The summed E-state index contributed by atoms with van der Waals surface area (Å²) in [5, 5.41) is 7.37. The first-order chi connectivity index (χ1) is 16.3. The van der Waals surface area contributed by atoms with Gasteiger partial charge >= 0.3 is 0 Å². The van der Waals surface area contributed by atoms with Crippen LogP contribution in [0.15, 0.2) is 65.6 Å². The Morgan fingerprint density at radius 3 is 2.26 bits per heavy atom. The van der Waals surface area contributed by atoms with Crippen molar-refractivity contribution in [2.24, 2.45) is 0 Å². The summed E-state index contributed by atoms with van der Waals surface area (Å²) < 4.78 is 29.1. The average molecular weight is 480 g/mol. The molecule has 0 bridgehead atoms. The molecule has 0 unspecified atom stereocenters. The molecule has 2 heterocycles. The molecular weight excluding hydrogens is 450 g/mol. The average Bonchev–Trinajstić information content (AvgIpc) is 3.12. The fourth-order valence-electron chi connectivity index (χ4n) is 3.95. The highest BCUT2D eigenvalue weighted by Gasteiger charge is 2.27. The van der Waals surface area contributed by atoms with E-state index in [1.807, 2.05) is 55.9 Å². The van der Waals surface area contributed by atoms with Crippen LogP contribution >= 0.6 is 0 Å². The van der Waals surface area contributed by atoms with Crippen molar-refractivity contribution >= 4 is 27.7 Å². The van der Waals surface area contributed by atoms with E-state index in [2.05, 4.69) is 15.3 Å². The maximum absolute atomic E-state index is 12.9. The molecule has 2 aromatic carbocycles. The number of para-hydroxylation sites is 1. The van der Waals surface area contributed by atoms with Crippen LogP contribution in [0.5, 0.6) is 0 Å². The topological polar surface area (TPSA) is 87.5 Å². The third-order valence-electron chi connectivity index (χ3n) is 5.97. The Kier molecular flexibility index (Phi) is 6.97. The van der Waals surface area contributed by atoms with Gasteiger partial charge in [0.05, 0.1) is 16.3 Å². The lowest BCUT2D eigenvalue weighted by atomic mass is 10.2. The van der Waals surface area contributed by atoms with Gasteiger partial charge in [-0.2, -0.15) is 9.40 Å². The SMILES string of the molecule is Cc1nn(-c2ccccc2)c(C)c1/C=C/C(=O)Nc1ccc(S(=O)(=O)N2CCN(C)CC2)cc1. The third-order valence-corrected chi connectivity index (χ3v) is 7.88. The Labute approximate surface area is 200 Å². The van der Waals surface area contributed by atoms with E-state index in [1.54, 1.807) is 18.2 Å². The van der Waals surface area contributed by atoms with E-state index < -0.39 is 10.0 Å². The summed E-state index contributed by atoms with van der Waals surface area (Å²) in [5.74, 6) is -0.305. The predicted molar refractivity (Wildman–Crippen MR) is 133 cm³/mol. The van der Waals surface area contributed by atoms with Gasteiger partial charge in [0.1, 0.15) is 0 Å². The molecule has 4 rings (SSSR count). The molecule has 1 fully saturated rings. The van der Waals surface area contributed by atoms with Crippen LogP contribution in [0, 0.1) is 13.8 Å². The summed E-state index contributed by atoms with van der Waals surface area (Å²) >= 11 is 0. The molecule has 1 aliphatic heterocycles. The van der Waals surface area contributed by atoms with Gasteiger partial charge in [-0.15, -0.1) is 0 Å². The number of anilines is 1. The van der Waals surface area contributed by atoms with Gasteiger partial charge in [-0.1, -0.05) is 18.2 Å². The first kappa shape index (κ1) is 23.9. The highest BCUT2D eigenvalue weighted by molar-refractivity contribution is 7.89. The van der Waals surface area contributed by atoms with E-state index in [0.717, 1.165) is 22.6 Å². The number of sulfonamides is 1. The summed E-state index contributed by atoms with van der Waals surface area (Å²) in [5.41, 5.74) is 4.13. The van der Waals surface area contributed by atoms with Crippen molar-refractivity contribution in [1.29, 1.82) is 0 Å². The Morgan fingerprint density at radius 1 is 0.971 bits per heavy atom. The maximum atomic E-state index is 12.9. The van der Waals surface area contributed by atoms with Crippen molar-refractivity contribution in [3.8, 4) is 5.69 Å². The number of piperazine rings is 1. The molecule has 0 aliphatic carbocycles. The lowest BCUT2D eigenvalue weighted by Crippen LogP contribution is -2.46. The number of aryl methyl sites for hydroxylation is 1. The van der Waals surface area contributed by atoms with Crippen molar-refractivity contribution in [3.05, 3.63) is 77.6 Å². The number of amides is 1. The molecule has 1 N–H and O–H groups in total. The zero-order chi connectivity index (χ0) is 24.3. The molecule has 0 saturated carbocycles. The standard InChI is InChI=1S/C25H29N5O3S/c1-19-24(20(2)30(27-19)22-7-5-4-6-8-22)13-14-25(31)26-21-9-11-23(12-10-21)34(32,33)29-17-15-28(3)16-18-29/h4-14H,15-18H2,1-3H3,(H,26,31)/b14-13+. The van der Waals surface area contributed by atoms with Crippen LogP contribution in [-0.4, -0.2) is 66.5 Å². The molecule has 9 heteroatoms. The minimum absolute atomic E-state index is 0.227. The number of rotatable bonds is 6. The van der Waals surface area contributed by atoms with Gasteiger partial charge in [-0.25, -0.2) is 13.1 Å². The van der Waals surface area contributed by atoms with Crippen LogP contribution in [0.2, 0.25) is 0 Å². The monoisotopic (exact) mass is 479 g/mol. The van der Waals surface area contributed by atoms with Crippen molar-refractivity contribution < 1.29 is 13.2 Å². The van der Waals surface area contributed by atoms with E-state index in [4.69, 9.17) is 0 Å². The molecule has 0 radical (unpaired) electrons. The van der Waals surface area contributed by atoms with E-state index in [0.29, 0.717) is 31.9 Å². The number of likely N-dealkylation sites (N-methyl/N-ethyl adjacent to an activating group) is 1. The molecule has 8 nitrogen and oxygen atoms in total. The van der Waals surface area contributed by atoms with E-state index >= 15 is 0 Å². The van der Waals surface area contributed by atoms with Crippen molar-refractivity contribution in [1.82, 2.24) is 19.0 Å². The lowest BCUT2D eigenvalue weighted by molar-refractivity contribution is -0.111. The minimum Gasteiger partial charge on any atom is -0.323 e. The molecule has 1 aromatic heterocycles. The van der Waals surface area contributed by atoms with Crippen LogP contribution in [-0.2, 0) is 14.8 Å². The summed E-state index contributed by atoms with van der Waals surface area (Å²) in [6.45, 7) is 6.24. The van der Waals surface area contributed by atoms with E-state index in [1.165, 1.54) is 22.5 Å². The molecule has 34 heavy (non-hydrogen) atoms. The number of nitrogens with zero attached hydrogens (tertiary/aromatic N) is 4. The zero-order valence-electron chi connectivity index (χ0n) is 19.6. The van der Waals surface area contributed by atoms with Crippen molar-refractivity contribution in [3.63, 3.8) is 0 Å². The Bertz CT molecular complexity index is 1290. The molecule has 3 aromatic rings. The van der Waals surface area contributed by atoms with Crippen LogP contribution < -0.4 is 5.32 Å². The fraction of sp³-hybridized carbons (Fsp3) is 0.280. The van der Waals surface area contributed by atoms with E-state index in [9.17, 15) is 13.2 Å². The normalized spacial score (nSPS) is 15.6.